The molecule has 27 heavy (non-hydrogen) atoms. The van der Waals surface area contributed by atoms with Gasteiger partial charge in [0.15, 0.2) is 0 Å². The molecule has 0 aliphatic heterocycles. The van der Waals surface area contributed by atoms with Gasteiger partial charge in [0.05, 0.1) is 5.56 Å². The summed E-state index contributed by atoms with van der Waals surface area (Å²) < 4.78 is 19.1. The van der Waals surface area contributed by atoms with Crippen molar-refractivity contribution in [2.45, 2.75) is 6.10 Å². The van der Waals surface area contributed by atoms with Crippen molar-refractivity contribution in [2.24, 2.45) is 0 Å². The highest BCUT2D eigenvalue weighted by molar-refractivity contribution is 9.10. The van der Waals surface area contributed by atoms with Gasteiger partial charge in [0.1, 0.15) is 5.82 Å². The number of nitrogens with one attached hydrogen (secondary N) is 1. The molecule has 0 aliphatic carbocycles. The van der Waals surface area contributed by atoms with Crippen molar-refractivity contribution < 1.29 is 18.7 Å². The molecule has 136 valence electrons. The first-order valence-corrected chi connectivity index (χ1v) is 8.75. The van der Waals surface area contributed by atoms with Gasteiger partial charge in [-0.1, -0.05) is 30.3 Å². The Hall–Kier alpha value is -3.06. The molecule has 2 aromatic carbocycles. The summed E-state index contributed by atoms with van der Waals surface area (Å²) in [6.07, 6.45) is 1.71. The molecule has 7 heteroatoms. The van der Waals surface area contributed by atoms with Crippen LogP contribution >= 0.6 is 15.9 Å². The highest BCUT2D eigenvalue weighted by Crippen LogP contribution is 2.22. The van der Waals surface area contributed by atoms with Crippen LogP contribution < -0.4 is 5.32 Å². The molecular formula is C20H14BrFN2O3. The van der Waals surface area contributed by atoms with E-state index >= 15 is 0 Å². The fourth-order valence-corrected chi connectivity index (χ4v) is 2.71. The van der Waals surface area contributed by atoms with Crippen molar-refractivity contribution >= 4 is 33.5 Å². The molecule has 0 fully saturated rings. The zero-order chi connectivity index (χ0) is 19.2. The normalized spacial score (nSPS) is 11.5. The summed E-state index contributed by atoms with van der Waals surface area (Å²) in [5.41, 5.74) is 1.11. The van der Waals surface area contributed by atoms with Crippen molar-refractivity contribution in [3.63, 3.8) is 0 Å². The Morgan fingerprint density at radius 2 is 1.74 bits per heavy atom. The first-order valence-electron chi connectivity index (χ1n) is 7.96. The molecule has 0 aliphatic rings. The molecule has 0 bridgehead atoms. The van der Waals surface area contributed by atoms with E-state index in [0.717, 1.165) is 0 Å². The molecule has 1 amide bonds. The molecule has 3 rings (SSSR count). The number of hydrogen-bond acceptors (Lipinski definition) is 4. The lowest BCUT2D eigenvalue weighted by atomic mass is 10.1. The maximum absolute atomic E-state index is 13.0. The van der Waals surface area contributed by atoms with E-state index in [-0.39, 0.29) is 5.56 Å². The number of benzene rings is 2. The predicted molar refractivity (Wildman–Crippen MR) is 102 cm³/mol. The lowest BCUT2D eigenvalue weighted by molar-refractivity contribution is -0.125. The van der Waals surface area contributed by atoms with E-state index in [9.17, 15) is 14.0 Å². The summed E-state index contributed by atoms with van der Waals surface area (Å²) >= 11 is 3.24. The molecule has 1 N–H and O–H groups in total. The number of amides is 1. The topological polar surface area (TPSA) is 68.3 Å². The van der Waals surface area contributed by atoms with Crippen LogP contribution in [0, 0.1) is 5.82 Å². The number of carbonyl (C=O) groups is 2. The Bertz CT molecular complexity index is 949. The van der Waals surface area contributed by atoms with Crippen LogP contribution in [-0.4, -0.2) is 16.9 Å². The molecule has 1 aromatic heterocycles. The summed E-state index contributed by atoms with van der Waals surface area (Å²) in [5.74, 6) is -1.66. The Labute approximate surface area is 163 Å². The summed E-state index contributed by atoms with van der Waals surface area (Å²) in [6, 6.07) is 15.5. The number of nitrogens with zero attached hydrogens (tertiary/aromatic N) is 1. The van der Waals surface area contributed by atoms with Crippen molar-refractivity contribution in [1.29, 1.82) is 0 Å². The Morgan fingerprint density at radius 1 is 1.04 bits per heavy atom. The Morgan fingerprint density at radius 3 is 2.41 bits per heavy atom. The maximum Gasteiger partial charge on any atom is 0.340 e. The van der Waals surface area contributed by atoms with E-state index < -0.39 is 23.8 Å². The van der Waals surface area contributed by atoms with Crippen LogP contribution in [0.5, 0.6) is 0 Å². The van der Waals surface area contributed by atoms with E-state index in [0.29, 0.717) is 15.7 Å². The van der Waals surface area contributed by atoms with Gasteiger partial charge in [-0.3, -0.25) is 9.78 Å². The van der Waals surface area contributed by atoms with Gasteiger partial charge in [0.2, 0.25) is 6.10 Å². The molecule has 0 saturated carbocycles. The minimum Gasteiger partial charge on any atom is -0.444 e. The number of halogens is 2. The van der Waals surface area contributed by atoms with Gasteiger partial charge in [-0.05, 0) is 46.3 Å². The van der Waals surface area contributed by atoms with Crippen molar-refractivity contribution in [3.8, 4) is 0 Å². The van der Waals surface area contributed by atoms with Crippen LogP contribution in [-0.2, 0) is 9.53 Å². The van der Waals surface area contributed by atoms with Gasteiger partial charge in [0.25, 0.3) is 5.91 Å². The first kappa shape index (κ1) is 18.7. The standard InChI is InChI=1S/C20H14BrFN2O3/c21-15-10-14(11-23-12-15)20(26)27-18(13-4-2-1-3-5-13)19(25)24-17-8-6-16(22)7-9-17/h1-12,18H,(H,24,25). The van der Waals surface area contributed by atoms with Crippen LogP contribution in [0.3, 0.4) is 0 Å². The maximum atomic E-state index is 13.0. The van der Waals surface area contributed by atoms with Crippen molar-refractivity contribution in [3.05, 3.63) is 94.5 Å². The fourth-order valence-electron chi connectivity index (χ4n) is 2.34. The second-order valence-corrected chi connectivity index (χ2v) is 6.50. The number of pyridine rings is 1. The largest absolute Gasteiger partial charge is 0.444 e. The van der Waals surface area contributed by atoms with E-state index in [1.807, 2.05) is 0 Å². The molecule has 1 atom stereocenters. The molecule has 0 spiro atoms. The molecule has 0 saturated heterocycles. The number of anilines is 1. The number of carbonyl (C=O) groups excluding carboxylic acids is 2. The third kappa shape index (κ3) is 4.98. The molecule has 5 nitrogen and oxygen atoms in total. The Balaban J connectivity index is 1.83. The van der Waals surface area contributed by atoms with Crippen LogP contribution in [0.4, 0.5) is 10.1 Å². The number of hydrogen-bond donors (Lipinski definition) is 1. The van der Waals surface area contributed by atoms with Gasteiger partial charge in [-0.15, -0.1) is 0 Å². The third-order valence-corrected chi connectivity index (χ3v) is 4.05. The SMILES string of the molecule is O=C(OC(C(=O)Nc1ccc(F)cc1)c1ccccc1)c1cncc(Br)c1. The van der Waals surface area contributed by atoms with Gasteiger partial charge >= 0.3 is 5.97 Å². The summed E-state index contributed by atoms with van der Waals surface area (Å²) in [7, 11) is 0. The lowest BCUT2D eigenvalue weighted by Crippen LogP contribution is -2.26. The number of rotatable bonds is 5. The van der Waals surface area contributed by atoms with Crippen molar-refractivity contribution in [1.82, 2.24) is 4.98 Å². The second kappa shape index (κ2) is 8.55. The van der Waals surface area contributed by atoms with Gasteiger partial charge in [0, 0.05) is 28.1 Å². The highest BCUT2D eigenvalue weighted by atomic mass is 79.9. The van der Waals surface area contributed by atoms with Gasteiger partial charge < -0.3 is 10.1 Å². The summed E-state index contributed by atoms with van der Waals surface area (Å²) in [5, 5.41) is 2.63. The Kier molecular flexibility index (Phi) is 5.93. The van der Waals surface area contributed by atoms with E-state index in [1.54, 1.807) is 36.4 Å². The molecule has 1 unspecified atom stereocenters. The average Bonchev–Trinajstić information content (AvgIpc) is 2.68. The van der Waals surface area contributed by atoms with Crippen LogP contribution in [0.2, 0.25) is 0 Å². The minimum absolute atomic E-state index is 0.208. The van der Waals surface area contributed by atoms with Gasteiger partial charge in [-0.2, -0.15) is 0 Å². The molecule has 0 radical (unpaired) electrons. The minimum atomic E-state index is -1.18. The fraction of sp³-hybridized carbons (Fsp3) is 0.0500. The van der Waals surface area contributed by atoms with Crippen molar-refractivity contribution in [2.75, 3.05) is 5.32 Å². The molecular weight excluding hydrogens is 415 g/mol. The average molecular weight is 429 g/mol. The quantitative estimate of drug-likeness (QED) is 0.606. The number of aromatic nitrogens is 1. The highest BCUT2D eigenvalue weighted by Gasteiger charge is 2.26. The predicted octanol–water partition coefficient (Wildman–Crippen LogP) is 4.52. The number of esters is 1. The lowest BCUT2D eigenvalue weighted by Gasteiger charge is -2.18. The van der Waals surface area contributed by atoms with E-state index in [4.69, 9.17) is 4.74 Å². The van der Waals surface area contributed by atoms with Gasteiger partial charge in [-0.25, -0.2) is 9.18 Å². The smallest absolute Gasteiger partial charge is 0.340 e. The zero-order valence-corrected chi connectivity index (χ0v) is 15.5. The summed E-state index contributed by atoms with van der Waals surface area (Å²) in [6.45, 7) is 0. The molecule has 1 heterocycles. The molecule has 3 aromatic rings. The first-order chi connectivity index (χ1) is 13.0. The van der Waals surface area contributed by atoms with E-state index in [2.05, 4.69) is 26.2 Å². The summed E-state index contributed by atoms with van der Waals surface area (Å²) in [4.78, 5) is 29.1. The van der Waals surface area contributed by atoms with Crippen LogP contribution in [0.1, 0.15) is 22.0 Å². The third-order valence-electron chi connectivity index (χ3n) is 3.62. The number of ether oxygens (including phenoxy) is 1. The van der Waals surface area contributed by atoms with Crippen LogP contribution in [0.15, 0.2) is 77.5 Å². The monoisotopic (exact) mass is 428 g/mol. The van der Waals surface area contributed by atoms with Crippen LogP contribution in [0.25, 0.3) is 0 Å². The van der Waals surface area contributed by atoms with E-state index in [1.165, 1.54) is 36.7 Å². The zero-order valence-electron chi connectivity index (χ0n) is 13.9. The second-order valence-electron chi connectivity index (χ2n) is 5.58.